The molecule has 28 heavy (non-hydrogen) atoms. The number of benzene rings is 1. The van der Waals surface area contributed by atoms with Crippen molar-refractivity contribution < 1.29 is 19.1 Å². The van der Waals surface area contributed by atoms with E-state index in [1.54, 1.807) is 30.0 Å². The van der Waals surface area contributed by atoms with E-state index in [9.17, 15) is 14.4 Å². The molecule has 1 aliphatic rings. The first-order valence-corrected chi connectivity index (χ1v) is 10.2. The predicted molar refractivity (Wildman–Crippen MR) is 109 cm³/mol. The van der Waals surface area contributed by atoms with E-state index in [4.69, 9.17) is 27.9 Å². The lowest BCUT2D eigenvalue weighted by molar-refractivity contribution is -0.144. The van der Waals surface area contributed by atoms with E-state index in [2.05, 4.69) is 5.32 Å². The Labute approximate surface area is 175 Å². The second kappa shape index (κ2) is 10.7. The van der Waals surface area contributed by atoms with Crippen molar-refractivity contribution in [3.8, 4) is 0 Å². The van der Waals surface area contributed by atoms with Gasteiger partial charge in [-0.2, -0.15) is 0 Å². The Morgan fingerprint density at radius 2 is 2.04 bits per heavy atom. The number of nitrogens with one attached hydrogen (secondary N) is 1. The van der Waals surface area contributed by atoms with Gasteiger partial charge in [0.2, 0.25) is 5.91 Å². The molecular formula is C20H26Cl2N2O4. The topological polar surface area (TPSA) is 75.7 Å². The van der Waals surface area contributed by atoms with Crippen LogP contribution in [0.4, 0.5) is 0 Å². The molecule has 0 aliphatic carbocycles. The van der Waals surface area contributed by atoms with Crippen LogP contribution in [0.5, 0.6) is 0 Å². The Hall–Kier alpha value is -1.79. The number of likely N-dealkylation sites (tertiary alicyclic amines) is 1. The number of rotatable bonds is 7. The van der Waals surface area contributed by atoms with Crippen LogP contribution in [-0.2, 0) is 14.3 Å². The maximum Gasteiger partial charge on any atom is 0.306 e. The molecule has 0 saturated carbocycles. The van der Waals surface area contributed by atoms with Crippen molar-refractivity contribution >= 4 is 41.0 Å². The molecular weight excluding hydrogens is 403 g/mol. The molecule has 0 unspecified atom stereocenters. The van der Waals surface area contributed by atoms with Crippen LogP contribution < -0.4 is 5.32 Å². The number of nitrogens with zero attached hydrogens (tertiary/aromatic N) is 1. The van der Waals surface area contributed by atoms with Gasteiger partial charge in [0.15, 0.2) is 0 Å². The molecule has 2 rings (SSSR count). The second-order valence-corrected chi connectivity index (χ2v) is 7.89. The quantitative estimate of drug-likeness (QED) is 0.673. The highest BCUT2D eigenvalue weighted by atomic mass is 35.5. The Kier molecular flexibility index (Phi) is 8.58. The zero-order valence-corrected chi connectivity index (χ0v) is 17.7. The van der Waals surface area contributed by atoms with Crippen molar-refractivity contribution in [3.63, 3.8) is 0 Å². The molecule has 1 aromatic rings. The molecule has 1 aliphatic heterocycles. The van der Waals surface area contributed by atoms with Crippen LogP contribution in [0.3, 0.4) is 0 Å². The summed E-state index contributed by atoms with van der Waals surface area (Å²) in [5, 5.41) is 3.61. The minimum Gasteiger partial charge on any atom is -0.466 e. The highest BCUT2D eigenvalue weighted by molar-refractivity contribution is 6.42. The van der Waals surface area contributed by atoms with Crippen LogP contribution in [0.15, 0.2) is 18.2 Å². The van der Waals surface area contributed by atoms with Gasteiger partial charge in [0.25, 0.3) is 5.91 Å². The molecule has 0 bridgehead atoms. The van der Waals surface area contributed by atoms with Crippen molar-refractivity contribution in [2.24, 2.45) is 11.8 Å². The number of hydrogen-bond donors (Lipinski definition) is 1. The molecule has 1 heterocycles. The molecule has 0 aromatic heterocycles. The van der Waals surface area contributed by atoms with E-state index >= 15 is 0 Å². The number of esters is 1. The summed E-state index contributed by atoms with van der Waals surface area (Å²) in [6.07, 6.45) is 1.74. The highest BCUT2D eigenvalue weighted by Crippen LogP contribution is 2.25. The predicted octanol–water partition coefficient (Wildman–Crippen LogP) is 3.55. The lowest BCUT2D eigenvalue weighted by atomic mass is 9.96. The number of piperidine rings is 1. The van der Waals surface area contributed by atoms with Gasteiger partial charge in [-0.1, -0.05) is 30.1 Å². The lowest BCUT2D eigenvalue weighted by Crippen LogP contribution is -2.46. The van der Waals surface area contributed by atoms with Gasteiger partial charge >= 0.3 is 5.97 Å². The van der Waals surface area contributed by atoms with E-state index in [0.29, 0.717) is 41.8 Å². The van der Waals surface area contributed by atoms with E-state index < -0.39 is 0 Å². The van der Waals surface area contributed by atoms with Crippen LogP contribution in [0, 0.1) is 11.8 Å². The van der Waals surface area contributed by atoms with Gasteiger partial charge in [0, 0.05) is 31.6 Å². The largest absolute Gasteiger partial charge is 0.466 e. The van der Waals surface area contributed by atoms with Gasteiger partial charge in [-0.15, -0.1) is 0 Å². The Bertz CT molecular complexity index is 726. The summed E-state index contributed by atoms with van der Waals surface area (Å²) >= 11 is 11.9. The fourth-order valence-corrected chi connectivity index (χ4v) is 3.48. The van der Waals surface area contributed by atoms with Crippen LogP contribution in [0.2, 0.25) is 10.0 Å². The van der Waals surface area contributed by atoms with Crippen molar-refractivity contribution in [3.05, 3.63) is 33.8 Å². The zero-order chi connectivity index (χ0) is 20.7. The molecule has 154 valence electrons. The molecule has 0 radical (unpaired) electrons. The summed E-state index contributed by atoms with van der Waals surface area (Å²) in [5.41, 5.74) is 0.457. The Morgan fingerprint density at radius 3 is 2.71 bits per heavy atom. The van der Waals surface area contributed by atoms with Crippen LogP contribution in [0.1, 0.15) is 43.5 Å². The summed E-state index contributed by atoms with van der Waals surface area (Å²) in [4.78, 5) is 38.4. The van der Waals surface area contributed by atoms with Gasteiger partial charge in [-0.05, 0) is 43.9 Å². The summed E-state index contributed by atoms with van der Waals surface area (Å²) in [6.45, 7) is 5.35. The van der Waals surface area contributed by atoms with E-state index in [1.807, 2.05) is 6.92 Å². The number of ether oxygens (including phenoxy) is 1. The SMILES string of the molecule is CCOC(=O)C[C@@H](C)CNC(=O)[C@H]1CCCN(C(=O)c2ccc(Cl)c(Cl)c2)C1. The maximum atomic E-state index is 12.7. The van der Waals surface area contributed by atoms with Crippen LogP contribution >= 0.6 is 23.2 Å². The van der Waals surface area contributed by atoms with Crippen molar-refractivity contribution in [2.75, 3.05) is 26.2 Å². The summed E-state index contributed by atoms with van der Waals surface area (Å²) in [5.74, 6) is -0.801. The third-order valence-corrected chi connectivity index (χ3v) is 5.43. The first kappa shape index (κ1) is 22.5. The summed E-state index contributed by atoms with van der Waals surface area (Å²) < 4.78 is 4.92. The molecule has 1 saturated heterocycles. The Balaban J connectivity index is 1.87. The number of amides is 2. The van der Waals surface area contributed by atoms with Crippen molar-refractivity contribution in [1.82, 2.24) is 10.2 Å². The number of carbonyl (C=O) groups excluding carboxylic acids is 3. The first-order valence-electron chi connectivity index (χ1n) is 9.49. The lowest BCUT2D eigenvalue weighted by Gasteiger charge is -2.32. The van der Waals surface area contributed by atoms with Gasteiger partial charge in [-0.3, -0.25) is 14.4 Å². The molecule has 1 fully saturated rings. The first-order chi connectivity index (χ1) is 13.3. The highest BCUT2D eigenvalue weighted by Gasteiger charge is 2.29. The zero-order valence-electron chi connectivity index (χ0n) is 16.2. The van der Waals surface area contributed by atoms with Gasteiger partial charge in [0.05, 0.1) is 22.6 Å². The van der Waals surface area contributed by atoms with Gasteiger partial charge in [0.1, 0.15) is 0 Å². The fourth-order valence-electron chi connectivity index (χ4n) is 3.18. The average Bonchev–Trinajstić information content (AvgIpc) is 2.68. The normalized spacial score (nSPS) is 17.7. The van der Waals surface area contributed by atoms with Crippen LogP contribution in [-0.4, -0.2) is 48.9 Å². The van der Waals surface area contributed by atoms with Crippen molar-refractivity contribution in [1.29, 1.82) is 0 Å². The minimum absolute atomic E-state index is 0.0134. The number of hydrogen-bond acceptors (Lipinski definition) is 4. The fraction of sp³-hybridized carbons (Fsp3) is 0.550. The molecule has 8 heteroatoms. The van der Waals surface area contributed by atoms with Gasteiger partial charge < -0.3 is 15.0 Å². The molecule has 2 atom stereocenters. The molecule has 1 N–H and O–H groups in total. The van der Waals surface area contributed by atoms with E-state index in [-0.39, 0.29) is 36.0 Å². The van der Waals surface area contributed by atoms with Crippen LogP contribution in [0.25, 0.3) is 0 Å². The smallest absolute Gasteiger partial charge is 0.306 e. The second-order valence-electron chi connectivity index (χ2n) is 7.08. The van der Waals surface area contributed by atoms with Crippen molar-refractivity contribution in [2.45, 2.75) is 33.1 Å². The number of halogens is 2. The summed E-state index contributed by atoms with van der Waals surface area (Å²) in [6, 6.07) is 4.78. The molecule has 0 spiro atoms. The average molecular weight is 429 g/mol. The molecule has 6 nitrogen and oxygen atoms in total. The minimum atomic E-state index is -0.268. The molecule has 1 aromatic carbocycles. The van der Waals surface area contributed by atoms with E-state index in [1.165, 1.54) is 0 Å². The van der Waals surface area contributed by atoms with Gasteiger partial charge in [-0.25, -0.2) is 0 Å². The maximum absolute atomic E-state index is 12.7. The molecule has 2 amide bonds. The number of carbonyl (C=O) groups is 3. The Morgan fingerprint density at radius 1 is 1.29 bits per heavy atom. The third-order valence-electron chi connectivity index (χ3n) is 4.69. The van der Waals surface area contributed by atoms with E-state index in [0.717, 1.165) is 12.8 Å². The standard InChI is InChI=1S/C20H26Cl2N2O4/c1-3-28-18(25)9-13(2)11-23-19(26)15-5-4-8-24(12-15)20(27)14-6-7-16(21)17(22)10-14/h6-7,10,13,15H,3-5,8-9,11-12H2,1-2H3,(H,23,26)/t13-,15+/m1/s1. The third kappa shape index (κ3) is 6.38. The monoisotopic (exact) mass is 428 g/mol. The summed E-state index contributed by atoms with van der Waals surface area (Å²) in [7, 11) is 0.